The van der Waals surface area contributed by atoms with E-state index in [-0.39, 0.29) is 6.29 Å². The van der Waals surface area contributed by atoms with Gasteiger partial charge in [-0.15, -0.1) is 11.8 Å². The van der Waals surface area contributed by atoms with Crippen molar-refractivity contribution >= 4 is 11.8 Å². The van der Waals surface area contributed by atoms with Crippen LogP contribution in [0, 0.1) is 0 Å². The summed E-state index contributed by atoms with van der Waals surface area (Å²) in [7, 11) is 3.30. The van der Waals surface area contributed by atoms with E-state index in [0.29, 0.717) is 0 Å². The highest BCUT2D eigenvalue weighted by Gasteiger charge is 2.08. The molecule has 2 aromatic rings. The van der Waals surface area contributed by atoms with E-state index in [4.69, 9.17) is 9.47 Å². The molecule has 0 aliphatic heterocycles. The van der Waals surface area contributed by atoms with Crippen LogP contribution >= 0.6 is 11.8 Å². The molecule has 0 atom stereocenters. The molecule has 2 aromatic carbocycles. The van der Waals surface area contributed by atoms with Crippen LogP contribution in [0.1, 0.15) is 29.9 Å². The zero-order valence-corrected chi connectivity index (χ0v) is 13.7. The fraction of sp³-hybridized carbons (Fsp3) is 0.333. The van der Waals surface area contributed by atoms with Crippen LogP contribution in [0.3, 0.4) is 0 Å². The normalized spacial score (nSPS) is 11.0. The molecule has 0 bridgehead atoms. The minimum absolute atomic E-state index is 0.286. The van der Waals surface area contributed by atoms with Crippen molar-refractivity contribution in [3.05, 3.63) is 65.2 Å². The molecule has 0 saturated carbocycles. The Morgan fingerprint density at radius 3 is 1.95 bits per heavy atom. The highest BCUT2D eigenvalue weighted by molar-refractivity contribution is 7.98. The summed E-state index contributed by atoms with van der Waals surface area (Å²) in [5.41, 5.74) is 3.78. The van der Waals surface area contributed by atoms with E-state index in [1.165, 1.54) is 16.0 Å². The van der Waals surface area contributed by atoms with Crippen molar-refractivity contribution in [2.24, 2.45) is 0 Å². The van der Waals surface area contributed by atoms with E-state index in [2.05, 4.69) is 55.5 Å². The molecule has 0 spiro atoms. The molecule has 0 aliphatic rings. The molecule has 0 heterocycles. The number of ether oxygens (including phenoxy) is 2. The van der Waals surface area contributed by atoms with Crippen LogP contribution in [0.5, 0.6) is 0 Å². The maximum absolute atomic E-state index is 5.25. The SMILES string of the molecule is CCc1ccc(CSc2ccc(C(OC)OC)cc2)cc1. The van der Waals surface area contributed by atoms with Gasteiger partial charge in [-0.3, -0.25) is 0 Å². The third-order valence-corrected chi connectivity index (χ3v) is 4.50. The third kappa shape index (κ3) is 4.60. The van der Waals surface area contributed by atoms with Crippen LogP contribution in [0.25, 0.3) is 0 Å². The highest BCUT2D eigenvalue weighted by atomic mass is 32.2. The van der Waals surface area contributed by atoms with Crippen LogP contribution in [0.2, 0.25) is 0 Å². The molecule has 2 rings (SSSR count). The van der Waals surface area contributed by atoms with Crippen molar-refractivity contribution in [2.75, 3.05) is 14.2 Å². The average molecular weight is 302 g/mol. The van der Waals surface area contributed by atoms with Crippen LogP contribution in [0.15, 0.2) is 53.4 Å². The van der Waals surface area contributed by atoms with Gasteiger partial charge in [0.2, 0.25) is 0 Å². The number of methoxy groups -OCH3 is 2. The standard InChI is InChI=1S/C18H22O2S/c1-4-14-5-7-15(8-6-14)13-21-17-11-9-16(10-12-17)18(19-2)20-3/h5-12,18H,4,13H2,1-3H3. The van der Waals surface area contributed by atoms with Crippen molar-refractivity contribution < 1.29 is 9.47 Å². The summed E-state index contributed by atoms with van der Waals surface area (Å²) >= 11 is 1.84. The highest BCUT2D eigenvalue weighted by Crippen LogP contribution is 2.25. The maximum atomic E-state index is 5.25. The molecule has 0 aliphatic carbocycles. The van der Waals surface area contributed by atoms with E-state index < -0.39 is 0 Å². The summed E-state index contributed by atoms with van der Waals surface area (Å²) in [6, 6.07) is 17.2. The summed E-state index contributed by atoms with van der Waals surface area (Å²) in [6.45, 7) is 2.18. The molecule has 112 valence electrons. The Morgan fingerprint density at radius 2 is 1.43 bits per heavy atom. The second-order valence-electron chi connectivity index (χ2n) is 4.83. The number of aryl methyl sites for hydroxylation is 1. The van der Waals surface area contributed by atoms with Gasteiger partial charge in [0.1, 0.15) is 0 Å². The van der Waals surface area contributed by atoms with Gasteiger partial charge in [0.25, 0.3) is 0 Å². The van der Waals surface area contributed by atoms with E-state index in [1.807, 2.05) is 11.8 Å². The van der Waals surface area contributed by atoms with Gasteiger partial charge >= 0.3 is 0 Å². The Balaban J connectivity index is 1.93. The molecule has 21 heavy (non-hydrogen) atoms. The lowest BCUT2D eigenvalue weighted by Crippen LogP contribution is -2.02. The van der Waals surface area contributed by atoms with Gasteiger partial charge in [0.15, 0.2) is 6.29 Å². The first-order valence-corrected chi connectivity index (χ1v) is 8.11. The Kier molecular flexibility index (Phi) is 6.30. The molecular formula is C18H22O2S. The molecule has 0 saturated heterocycles. The predicted molar refractivity (Wildman–Crippen MR) is 88.6 cm³/mol. The second-order valence-corrected chi connectivity index (χ2v) is 5.88. The minimum atomic E-state index is -0.286. The zero-order valence-electron chi connectivity index (χ0n) is 12.8. The Hall–Kier alpha value is -1.29. The molecular weight excluding hydrogens is 280 g/mol. The van der Waals surface area contributed by atoms with Crippen LogP contribution in [-0.4, -0.2) is 14.2 Å². The molecule has 0 unspecified atom stereocenters. The Morgan fingerprint density at radius 1 is 0.857 bits per heavy atom. The zero-order chi connectivity index (χ0) is 15.1. The first-order valence-electron chi connectivity index (χ1n) is 7.13. The summed E-state index contributed by atoms with van der Waals surface area (Å²) in [5, 5.41) is 0. The monoisotopic (exact) mass is 302 g/mol. The minimum Gasteiger partial charge on any atom is -0.352 e. The maximum Gasteiger partial charge on any atom is 0.183 e. The quantitative estimate of drug-likeness (QED) is 0.539. The molecule has 0 amide bonds. The molecule has 0 N–H and O–H groups in total. The van der Waals surface area contributed by atoms with Gasteiger partial charge in [-0.2, -0.15) is 0 Å². The van der Waals surface area contributed by atoms with Gasteiger partial charge in [0, 0.05) is 30.4 Å². The molecule has 3 heteroatoms. The van der Waals surface area contributed by atoms with Crippen molar-refractivity contribution in [1.29, 1.82) is 0 Å². The number of benzene rings is 2. The van der Waals surface area contributed by atoms with E-state index in [9.17, 15) is 0 Å². The van der Waals surface area contributed by atoms with Gasteiger partial charge in [0.05, 0.1) is 0 Å². The summed E-state index contributed by atoms with van der Waals surface area (Å²) < 4.78 is 10.5. The van der Waals surface area contributed by atoms with Crippen molar-refractivity contribution in [1.82, 2.24) is 0 Å². The fourth-order valence-corrected chi connectivity index (χ4v) is 2.98. The van der Waals surface area contributed by atoms with Gasteiger partial charge in [-0.1, -0.05) is 43.3 Å². The fourth-order valence-electron chi connectivity index (χ4n) is 2.13. The Labute approximate surface area is 131 Å². The van der Waals surface area contributed by atoms with Crippen molar-refractivity contribution in [2.45, 2.75) is 30.3 Å². The molecule has 0 radical (unpaired) electrons. The van der Waals surface area contributed by atoms with Gasteiger partial charge in [-0.25, -0.2) is 0 Å². The molecule has 0 fully saturated rings. The summed E-state index contributed by atoms with van der Waals surface area (Å²) in [5.74, 6) is 0.987. The second kappa shape index (κ2) is 8.23. The summed E-state index contributed by atoms with van der Waals surface area (Å²) in [4.78, 5) is 1.25. The lowest BCUT2D eigenvalue weighted by Gasteiger charge is -2.13. The van der Waals surface area contributed by atoms with Crippen LogP contribution < -0.4 is 0 Å². The first-order chi connectivity index (χ1) is 10.3. The first kappa shape index (κ1) is 16.1. The van der Waals surface area contributed by atoms with Gasteiger partial charge < -0.3 is 9.47 Å². The number of rotatable bonds is 7. The molecule has 0 aromatic heterocycles. The van der Waals surface area contributed by atoms with Crippen molar-refractivity contribution in [3.8, 4) is 0 Å². The number of hydrogen-bond acceptors (Lipinski definition) is 3. The van der Waals surface area contributed by atoms with E-state index in [1.54, 1.807) is 14.2 Å². The van der Waals surface area contributed by atoms with Crippen LogP contribution in [-0.2, 0) is 21.6 Å². The topological polar surface area (TPSA) is 18.5 Å². The number of hydrogen-bond donors (Lipinski definition) is 0. The lowest BCUT2D eigenvalue weighted by molar-refractivity contribution is -0.106. The average Bonchev–Trinajstić information content (AvgIpc) is 2.55. The lowest BCUT2D eigenvalue weighted by atomic mass is 10.1. The molecule has 2 nitrogen and oxygen atoms in total. The smallest absolute Gasteiger partial charge is 0.183 e. The van der Waals surface area contributed by atoms with E-state index >= 15 is 0 Å². The third-order valence-electron chi connectivity index (χ3n) is 3.42. The van der Waals surface area contributed by atoms with Crippen molar-refractivity contribution in [3.63, 3.8) is 0 Å². The summed E-state index contributed by atoms with van der Waals surface area (Å²) in [6.07, 6.45) is 0.806. The largest absolute Gasteiger partial charge is 0.352 e. The Bertz CT molecular complexity index is 530. The van der Waals surface area contributed by atoms with E-state index in [0.717, 1.165) is 17.7 Å². The van der Waals surface area contributed by atoms with Crippen LogP contribution in [0.4, 0.5) is 0 Å². The van der Waals surface area contributed by atoms with Gasteiger partial charge in [-0.05, 0) is 29.7 Å². The predicted octanol–water partition coefficient (Wildman–Crippen LogP) is 4.83. The number of thioether (sulfide) groups is 1.